The minimum Gasteiger partial charge on any atom is -0.339 e. The van der Waals surface area contributed by atoms with E-state index in [0.717, 1.165) is 25.7 Å². The highest BCUT2D eigenvalue weighted by atomic mass is 32.2. The Hall–Kier alpha value is -2.26. The third-order valence-corrected chi connectivity index (χ3v) is 8.44. The Morgan fingerprint density at radius 3 is 2.40 bits per heavy atom. The molecule has 1 atom stereocenters. The summed E-state index contributed by atoms with van der Waals surface area (Å²) in [4.78, 5) is 19.2. The van der Waals surface area contributed by atoms with E-state index in [1.54, 1.807) is 24.3 Å². The Balaban J connectivity index is 1.30. The van der Waals surface area contributed by atoms with Crippen LogP contribution in [0.3, 0.4) is 0 Å². The standard InChI is InChI=1S/C21H26N4O4S/c26-19-13-16(14-25(19)17-5-1-2-6-17)21-22-20(23-29-21)15-7-9-18(10-8-15)30(27,28)24-11-3-4-12-24/h7-10,16-17H,1-6,11-14H2. The van der Waals surface area contributed by atoms with Gasteiger partial charge < -0.3 is 9.42 Å². The van der Waals surface area contributed by atoms with Gasteiger partial charge in [-0.05, 0) is 49.9 Å². The molecule has 1 aromatic carbocycles. The lowest BCUT2D eigenvalue weighted by atomic mass is 10.1. The lowest BCUT2D eigenvalue weighted by Crippen LogP contribution is -2.34. The molecule has 0 spiro atoms. The van der Waals surface area contributed by atoms with Gasteiger partial charge in [-0.3, -0.25) is 4.79 Å². The summed E-state index contributed by atoms with van der Waals surface area (Å²) in [6, 6.07) is 6.97. The van der Waals surface area contributed by atoms with E-state index in [4.69, 9.17) is 4.52 Å². The zero-order valence-electron chi connectivity index (χ0n) is 16.9. The van der Waals surface area contributed by atoms with E-state index in [2.05, 4.69) is 10.1 Å². The number of amides is 1. The van der Waals surface area contributed by atoms with Crippen LogP contribution in [0.15, 0.2) is 33.7 Å². The molecular formula is C21H26N4O4S. The van der Waals surface area contributed by atoms with E-state index in [1.807, 2.05) is 4.90 Å². The maximum absolute atomic E-state index is 12.7. The summed E-state index contributed by atoms with van der Waals surface area (Å²) in [5.74, 6) is 0.992. The highest BCUT2D eigenvalue weighted by Crippen LogP contribution is 2.34. The van der Waals surface area contributed by atoms with Gasteiger partial charge in [0.05, 0.1) is 10.8 Å². The molecular weight excluding hydrogens is 404 g/mol. The van der Waals surface area contributed by atoms with Crippen molar-refractivity contribution >= 4 is 15.9 Å². The van der Waals surface area contributed by atoms with Crippen LogP contribution in [0, 0.1) is 0 Å². The van der Waals surface area contributed by atoms with Crippen molar-refractivity contribution in [1.29, 1.82) is 0 Å². The Kier molecular flexibility index (Phi) is 5.10. The van der Waals surface area contributed by atoms with E-state index in [0.29, 0.717) is 49.4 Å². The Labute approximate surface area is 176 Å². The quantitative estimate of drug-likeness (QED) is 0.724. The van der Waals surface area contributed by atoms with Crippen molar-refractivity contribution in [3.63, 3.8) is 0 Å². The predicted molar refractivity (Wildman–Crippen MR) is 109 cm³/mol. The number of likely N-dealkylation sites (tertiary alicyclic amines) is 1. The van der Waals surface area contributed by atoms with E-state index in [1.165, 1.54) is 17.1 Å². The molecule has 1 saturated carbocycles. The summed E-state index contributed by atoms with van der Waals surface area (Å²) >= 11 is 0. The van der Waals surface area contributed by atoms with Crippen LogP contribution in [0.1, 0.15) is 56.8 Å². The van der Waals surface area contributed by atoms with Crippen molar-refractivity contribution in [3.8, 4) is 11.4 Å². The molecule has 0 radical (unpaired) electrons. The van der Waals surface area contributed by atoms with Gasteiger partial charge >= 0.3 is 0 Å². The Morgan fingerprint density at radius 2 is 1.70 bits per heavy atom. The number of aromatic nitrogens is 2. The average molecular weight is 431 g/mol. The molecule has 1 aliphatic carbocycles. The van der Waals surface area contributed by atoms with E-state index in [9.17, 15) is 13.2 Å². The van der Waals surface area contributed by atoms with Gasteiger partial charge in [0.25, 0.3) is 0 Å². The minimum absolute atomic E-state index is 0.0748. The molecule has 2 saturated heterocycles. The first kappa shape index (κ1) is 19.7. The molecule has 1 amide bonds. The summed E-state index contributed by atoms with van der Waals surface area (Å²) in [6.07, 6.45) is 6.77. The summed E-state index contributed by atoms with van der Waals surface area (Å²) < 4.78 is 32.3. The molecule has 3 fully saturated rings. The molecule has 1 unspecified atom stereocenters. The van der Waals surface area contributed by atoms with Crippen molar-refractivity contribution in [2.75, 3.05) is 19.6 Å². The van der Waals surface area contributed by atoms with Crippen LogP contribution in [-0.2, 0) is 14.8 Å². The molecule has 30 heavy (non-hydrogen) atoms. The molecule has 3 aliphatic rings. The first-order valence-electron chi connectivity index (χ1n) is 10.8. The Bertz CT molecular complexity index is 1020. The highest BCUT2D eigenvalue weighted by molar-refractivity contribution is 7.89. The van der Waals surface area contributed by atoms with Crippen LogP contribution in [0.4, 0.5) is 0 Å². The molecule has 5 rings (SSSR count). The van der Waals surface area contributed by atoms with Gasteiger partial charge in [0.1, 0.15) is 0 Å². The third-order valence-electron chi connectivity index (χ3n) is 6.53. The second kappa shape index (κ2) is 7.77. The fourth-order valence-electron chi connectivity index (χ4n) is 4.84. The fourth-order valence-corrected chi connectivity index (χ4v) is 6.35. The van der Waals surface area contributed by atoms with E-state index < -0.39 is 10.0 Å². The van der Waals surface area contributed by atoms with Crippen LogP contribution >= 0.6 is 0 Å². The zero-order chi connectivity index (χ0) is 20.7. The second-order valence-corrected chi connectivity index (χ2v) is 10.4. The van der Waals surface area contributed by atoms with Gasteiger partial charge in [-0.15, -0.1) is 0 Å². The number of carbonyl (C=O) groups is 1. The van der Waals surface area contributed by atoms with E-state index >= 15 is 0 Å². The number of hydrogen-bond donors (Lipinski definition) is 0. The van der Waals surface area contributed by atoms with Crippen molar-refractivity contribution < 1.29 is 17.7 Å². The molecule has 160 valence electrons. The van der Waals surface area contributed by atoms with Gasteiger partial charge in [0.2, 0.25) is 27.6 Å². The fraction of sp³-hybridized carbons (Fsp3) is 0.571. The second-order valence-electron chi connectivity index (χ2n) is 8.48. The SMILES string of the molecule is O=C1CC(c2nc(-c3ccc(S(=O)(=O)N4CCCC4)cc3)no2)CN1C1CCCC1. The topological polar surface area (TPSA) is 96.6 Å². The van der Waals surface area contributed by atoms with Gasteiger partial charge in [0, 0.05) is 37.7 Å². The number of sulfonamides is 1. The normalized spacial score (nSPS) is 23.7. The smallest absolute Gasteiger partial charge is 0.243 e. The first-order valence-corrected chi connectivity index (χ1v) is 12.2. The molecule has 2 aliphatic heterocycles. The Morgan fingerprint density at radius 1 is 1.00 bits per heavy atom. The van der Waals surface area contributed by atoms with Crippen LogP contribution in [-0.4, -0.2) is 59.3 Å². The summed E-state index contributed by atoms with van der Waals surface area (Å²) in [7, 11) is -3.44. The van der Waals surface area contributed by atoms with Crippen molar-refractivity contribution in [2.45, 2.75) is 61.8 Å². The van der Waals surface area contributed by atoms with Gasteiger partial charge in [-0.1, -0.05) is 18.0 Å². The molecule has 2 aromatic rings. The number of carbonyl (C=O) groups excluding carboxylic acids is 1. The minimum atomic E-state index is -3.44. The highest BCUT2D eigenvalue weighted by Gasteiger charge is 2.38. The monoisotopic (exact) mass is 430 g/mol. The molecule has 9 heteroatoms. The summed E-state index contributed by atoms with van der Waals surface area (Å²) in [5.41, 5.74) is 0.697. The predicted octanol–water partition coefficient (Wildman–Crippen LogP) is 2.78. The molecule has 8 nitrogen and oxygen atoms in total. The van der Waals surface area contributed by atoms with Crippen LogP contribution in [0.5, 0.6) is 0 Å². The average Bonchev–Trinajstić information content (AvgIpc) is 3.55. The number of rotatable bonds is 5. The first-order chi connectivity index (χ1) is 14.5. The maximum Gasteiger partial charge on any atom is 0.243 e. The van der Waals surface area contributed by atoms with Crippen molar-refractivity contribution in [3.05, 3.63) is 30.2 Å². The molecule has 3 heterocycles. The van der Waals surface area contributed by atoms with Crippen LogP contribution < -0.4 is 0 Å². The third kappa shape index (κ3) is 3.54. The summed E-state index contributed by atoms with van der Waals surface area (Å²) in [6.45, 7) is 1.80. The largest absolute Gasteiger partial charge is 0.339 e. The number of benzene rings is 1. The molecule has 0 bridgehead atoms. The van der Waals surface area contributed by atoms with Crippen molar-refractivity contribution in [2.24, 2.45) is 0 Å². The maximum atomic E-state index is 12.7. The van der Waals surface area contributed by atoms with Gasteiger partial charge in [0.15, 0.2) is 0 Å². The van der Waals surface area contributed by atoms with Crippen LogP contribution in [0.2, 0.25) is 0 Å². The number of nitrogens with zero attached hydrogens (tertiary/aromatic N) is 4. The van der Waals surface area contributed by atoms with Crippen molar-refractivity contribution in [1.82, 2.24) is 19.3 Å². The van der Waals surface area contributed by atoms with Gasteiger partial charge in [-0.2, -0.15) is 9.29 Å². The number of hydrogen-bond acceptors (Lipinski definition) is 6. The molecule has 1 aromatic heterocycles. The lowest BCUT2D eigenvalue weighted by Gasteiger charge is -2.23. The van der Waals surface area contributed by atoms with E-state index in [-0.39, 0.29) is 16.7 Å². The molecule has 0 N–H and O–H groups in total. The zero-order valence-corrected chi connectivity index (χ0v) is 17.7. The van der Waals surface area contributed by atoms with Gasteiger partial charge in [-0.25, -0.2) is 8.42 Å². The lowest BCUT2D eigenvalue weighted by molar-refractivity contribution is -0.129. The van der Waals surface area contributed by atoms with Crippen LogP contribution in [0.25, 0.3) is 11.4 Å². The summed E-state index contributed by atoms with van der Waals surface area (Å²) in [5, 5.41) is 4.07.